The van der Waals surface area contributed by atoms with E-state index in [0.717, 1.165) is 12.1 Å². The molecule has 2 atom stereocenters. The van der Waals surface area contributed by atoms with Crippen LogP contribution in [-0.2, 0) is 26.9 Å². The highest BCUT2D eigenvalue weighted by molar-refractivity contribution is 5.92. The molecule has 1 fully saturated rings. The standard InChI is InChI=1S/C24H26F4N2O5/c1-2-34-21-12-22(32)29-13-17(21)14-3-4-15(19(25)9-14)10-23(33)30-16-5-6-20(35-8-7-31)18(11-16)24(26,27)28/h3-6,9,11,17,21,31H,2,7-8,10,12-13H2,1H3,(H,29,32)(H,30,33). The molecule has 0 radical (unpaired) electrons. The minimum Gasteiger partial charge on any atom is -0.491 e. The molecular weight excluding hydrogens is 472 g/mol. The van der Waals surface area contributed by atoms with Crippen LogP contribution >= 0.6 is 0 Å². The number of piperidine rings is 1. The maximum absolute atomic E-state index is 14.8. The molecule has 35 heavy (non-hydrogen) atoms. The molecular formula is C24H26F4N2O5. The molecule has 11 heteroatoms. The van der Waals surface area contributed by atoms with Crippen molar-refractivity contribution in [1.82, 2.24) is 5.32 Å². The van der Waals surface area contributed by atoms with Gasteiger partial charge in [0.25, 0.3) is 0 Å². The highest BCUT2D eigenvalue weighted by Gasteiger charge is 2.35. The fourth-order valence-corrected chi connectivity index (χ4v) is 3.90. The maximum Gasteiger partial charge on any atom is 0.420 e. The lowest BCUT2D eigenvalue weighted by molar-refractivity contribution is -0.139. The third-order valence-corrected chi connectivity index (χ3v) is 5.51. The van der Waals surface area contributed by atoms with Gasteiger partial charge >= 0.3 is 6.18 Å². The summed E-state index contributed by atoms with van der Waals surface area (Å²) in [6.45, 7) is 1.73. The Morgan fingerprint density at radius 2 is 2.00 bits per heavy atom. The largest absolute Gasteiger partial charge is 0.491 e. The third-order valence-electron chi connectivity index (χ3n) is 5.51. The number of carbonyl (C=O) groups excluding carboxylic acids is 2. The van der Waals surface area contributed by atoms with Crippen molar-refractivity contribution in [3.8, 4) is 5.75 Å². The summed E-state index contributed by atoms with van der Waals surface area (Å²) in [6.07, 6.45) is -5.37. The van der Waals surface area contributed by atoms with E-state index in [1.165, 1.54) is 18.2 Å². The number of halogens is 4. The number of nitrogens with one attached hydrogen (secondary N) is 2. The number of benzene rings is 2. The van der Waals surface area contributed by atoms with Gasteiger partial charge in [-0.25, -0.2) is 4.39 Å². The maximum atomic E-state index is 14.8. The van der Waals surface area contributed by atoms with Crippen LogP contribution in [0.25, 0.3) is 0 Å². The van der Waals surface area contributed by atoms with E-state index in [9.17, 15) is 27.2 Å². The number of carbonyl (C=O) groups is 2. The predicted molar refractivity (Wildman–Crippen MR) is 119 cm³/mol. The van der Waals surface area contributed by atoms with Gasteiger partial charge < -0.3 is 25.2 Å². The quantitative estimate of drug-likeness (QED) is 0.461. The van der Waals surface area contributed by atoms with Gasteiger partial charge in [0, 0.05) is 24.8 Å². The molecule has 0 bridgehead atoms. The number of aliphatic hydroxyl groups is 1. The van der Waals surface area contributed by atoms with Crippen molar-refractivity contribution >= 4 is 17.5 Å². The summed E-state index contributed by atoms with van der Waals surface area (Å²) in [5.41, 5.74) is -0.563. The molecule has 2 amide bonds. The Kier molecular flexibility index (Phi) is 8.68. The number of alkyl halides is 3. The minimum atomic E-state index is -4.74. The predicted octanol–water partition coefficient (Wildman–Crippen LogP) is 3.41. The van der Waals surface area contributed by atoms with Crippen molar-refractivity contribution < 1.29 is 41.7 Å². The van der Waals surface area contributed by atoms with Gasteiger partial charge in [-0.3, -0.25) is 9.59 Å². The average molecular weight is 498 g/mol. The van der Waals surface area contributed by atoms with Gasteiger partial charge in [0.2, 0.25) is 11.8 Å². The van der Waals surface area contributed by atoms with E-state index in [1.54, 1.807) is 13.0 Å². The topological polar surface area (TPSA) is 96.9 Å². The highest BCUT2D eigenvalue weighted by Crippen LogP contribution is 2.38. The smallest absolute Gasteiger partial charge is 0.420 e. The lowest BCUT2D eigenvalue weighted by Crippen LogP contribution is -2.43. The van der Waals surface area contributed by atoms with Crippen molar-refractivity contribution in [2.24, 2.45) is 0 Å². The van der Waals surface area contributed by atoms with Crippen LogP contribution < -0.4 is 15.4 Å². The summed E-state index contributed by atoms with van der Waals surface area (Å²) in [4.78, 5) is 24.1. The summed E-state index contributed by atoms with van der Waals surface area (Å²) in [5.74, 6) is -2.22. The first-order chi connectivity index (χ1) is 16.6. The first-order valence-corrected chi connectivity index (χ1v) is 11.0. The molecule has 1 aliphatic rings. The monoisotopic (exact) mass is 498 g/mol. The van der Waals surface area contributed by atoms with Crippen LogP contribution in [0.5, 0.6) is 5.75 Å². The van der Waals surface area contributed by atoms with Crippen LogP contribution in [-0.4, -0.2) is 49.4 Å². The van der Waals surface area contributed by atoms with Gasteiger partial charge in [0.05, 0.1) is 31.1 Å². The van der Waals surface area contributed by atoms with Gasteiger partial charge in [-0.1, -0.05) is 12.1 Å². The molecule has 0 spiro atoms. The Hall–Kier alpha value is -3.18. The molecule has 7 nitrogen and oxygen atoms in total. The van der Waals surface area contributed by atoms with E-state index in [1.807, 2.05) is 0 Å². The Morgan fingerprint density at radius 3 is 2.66 bits per heavy atom. The summed E-state index contributed by atoms with van der Waals surface area (Å²) in [7, 11) is 0. The normalized spacial score (nSPS) is 18.2. The summed E-state index contributed by atoms with van der Waals surface area (Å²) >= 11 is 0. The van der Waals surface area contributed by atoms with Crippen molar-refractivity contribution in [3.63, 3.8) is 0 Å². The molecule has 0 aliphatic carbocycles. The Labute approximate surface area is 199 Å². The van der Waals surface area contributed by atoms with E-state index < -0.39 is 48.3 Å². The van der Waals surface area contributed by atoms with Crippen LogP contribution in [0.3, 0.4) is 0 Å². The van der Waals surface area contributed by atoms with Crippen molar-refractivity contribution in [2.45, 2.75) is 38.0 Å². The molecule has 190 valence electrons. The molecule has 2 unspecified atom stereocenters. The fraction of sp³-hybridized carbons (Fsp3) is 0.417. The van der Waals surface area contributed by atoms with E-state index in [0.29, 0.717) is 18.7 Å². The number of aliphatic hydroxyl groups excluding tert-OH is 1. The summed E-state index contributed by atoms with van der Waals surface area (Å²) in [5, 5.41) is 13.9. The molecule has 1 saturated heterocycles. The van der Waals surface area contributed by atoms with E-state index in [2.05, 4.69) is 10.6 Å². The van der Waals surface area contributed by atoms with Gasteiger partial charge in [0.1, 0.15) is 18.2 Å². The molecule has 2 aromatic rings. The van der Waals surface area contributed by atoms with E-state index in [-0.39, 0.29) is 36.1 Å². The number of rotatable bonds is 9. The number of amides is 2. The van der Waals surface area contributed by atoms with Crippen LogP contribution in [0.1, 0.15) is 36.0 Å². The molecule has 0 saturated carbocycles. The van der Waals surface area contributed by atoms with Gasteiger partial charge in [-0.2, -0.15) is 13.2 Å². The second-order valence-electron chi connectivity index (χ2n) is 7.97. The summed E-state index contributed by atoms with van der Waals surface area (Å²) < 4.78 is 65.4. The number of hydrogen-bond donors (Lipinski definition) is 3. The molecule has 1 heterocycles. The minimum absolute atomic E-state index is 0.0676. The third kappa shape index (κ3) is 6.92. The average Bonchev–Trinajstić information content (AvgIpc) is 2.79. The van der Waals surface area contributed by atoms with Crippen molar-refractivity contribution in [1.29, 1.82) is 0 Å². The SMILES string of the molecule is CCOC1CC(=O)NCC1c1ccc(CC(=O)Nc2ccc(OCCO)c(C(F)(F)F)c2)c(F)c1. The van der Waals surface area contributed by atoms with Crippen LogP contribution in [0.2, 0.25) is 0 Å². The van der Waals surface area contributed by atoms with Crippen molar-refractivity contribution in [3.05, 3.63) is 58.9 Å². The zero-order valence-electron chi connectivity index (χ0n) is 19.0. The lowest BCUT2D eigenvalue weighted by Gasteiger charge is -2.31. The lowest BCUT2D eigenvalue weighted by atomic mass is 9.87. The molecule has 1 aliphatic heterocycles. The van der Waals surface area contributed by atoms with Crippen LogP contribution in [0, 0.1) is 5.82 Å². The van der Waals surface area contributed by atoms with Gasteiger partial charge in [-0.15, -0.1) is 0 Å². The first-order valence-electron chi connectivity index (χ1n) is 11.0. The molecule has 3 N–H and O–H groups in total. The number of ether oxygens (including phenoxy) is 2. The van der Waals surface area contributed by atoms with Crippen molar-refractivity contribution in [2.75, 3.05) is 31.7 Å². The van der Waals surface area contributed by atoms with Gasteiger partial charge in [-0.05, 0) is 42.3 Å². The second-order valence-corrected chi connectivity index (χ2v) is 7.97. The fourth-order valence-electron chi connectivity index (χ4n) is 3.90. The Balaban J connectivity index is 1.71. The van der Waals surface area contributed by atoms with E-state index >= 15 is 0 Å². The Morgan fingerprint density at radius 1 is 1.23 bits per heavy atom. The number of hydrogen-bond acceptors (Lipinski definition) is 5. The zero-order valence-corrected chi connectivity index (χ0v) is 19.0. The second kappa shape index (κ2) is 11.5. The number of anilines is 1. The summed E-state index contributed by atoms with van der Waals surface area (Å²) in [6, 6.07) is 7.36. The first kappa shape index (κ1) is 26.4. The van der Waals surface area contributed by atoms with E-state index in [4.69, 9.17) is 14.6 Å². The van der Waals surface area contributed by atoms with Crippen LogP contribution in [0.15, 0.2) is 36.4 Å². The molecule has 2 aromatic carbocycles. The zero-order chi connectivity index (χ0) is 25.6. The molecule has 0 aromatic heterocycles. The molecule has 3 rings (SSSR count). The Bertz CT molecular complexity index is 1060. The highest BCUT2D eigenvalue weighted by atomic mass is 19.4. The van der Waals surface area contributed by atoms with Crippen LogP contribution in [0.4, 0.5) is 23.2 Å². The van der Waals surface area contributed by atoms with Gasteiger partial charge in [0.15, 0.2) is 0 Å².